The predicted octanol–water partition coefficient (Wildman–Crippen LogP) is 7.05. The van der Waals surface area contributed by atoms with Crippen LogP contribution >= 0.6 is 15.9 Å². The number of benzene rings is 1. The van der Waals surface area contributed by atoms with Crippen molar-refractivity contribution in [3.05, 3.63) is 64.3 Å². The van der Waals surface area contributed by atoms with Crippen LogP contribution in [-0.2, 0) is 10.7 Å². The van der Waals surface area contributed by atoms with Crippen molar-refractivity contribution in [2.45, 2.75) is 63.6 Å². The molecule has 122 valence electrons. The van der Waals surface area contributed by atoms with E-state index >= 15 is 0 Å². The molecule has 0 saturated heterocycles. The molecule has 1 heteroatoms. The third-order valence-electron chi connectivity index (χ3n) is 4.84. The van der Waals surface area contributed by atoms with Gasteiger partial charge in [0.05, 0.1) is 0 Å². The Morgan fingerprint density at radius 3 is 2.52 bits per heavy atom. The topological polar surface area (TPSA) is 0 Å². The Hall–Kier alpha value is -1.08. The average molecular weight is 371 g/mol. The normalized spacial score (nSPS) is 18.5. The van der Waals surface area contributed by atoms with Gasteiger partial charge in [0.1, 0.15) is 0 Å². The number of hydrogen-bond acceptors (Lipinski definition) is 0. The molecule has 1 aromatic carbocycles. The zero-order chi connectivity index (χ0) is 16.6. The van der Waals surface area contributed by atoms with E-state index in [-0.39, 0.29) is 5.41 Å². The zero-order valence-electron chi connectivity index (χ0n) is 14.7. The van der Waals surface area contributed by atoms with Gasteiger partial charge in [0.15, 0.2) is 0 Å². The maximum atomic E-state index is 3.75. The second-order valence-electron chi connectivity index (χ2n) is 7.97. The molecule has 23 heavy (non-hydrogen) atoms. The number of alkyl halides is 1. The van der Waals surface area contributed by atoms with E-state index in [0.29, 0.717) is 0 Å². The quantitative estimate of drug-likeness (QED) is 0.500. The van der Waals surface area contributed by atoms with Crippen LogP contribution in [0.25, 0.3) is 5.57 Å². The van der Waals surface area contributed by atoms with Gasteiger partial charge in [0.2, 0.25) is 0 Å². The SMILES string of the molecule is CC1=CC=CCC(c2cc(C(C)(C)C)cc(CBr)c2C2CC2)=C1. The molecular formula is C22H27Br. The third kappa shape index (κ3) is 3.71. The molecular weight excluding hydrogens is 344 g/mol. The molecule has 2 aliphatic rings. The fourth-order valence-corrected chi connectivity index (χ4v) is 3.83. The van der Waals surface area contributed by atoms with Crippen molar-refractivity contribution in [3.8, 4) is 0 Å². The highest BCUT2D eigenvalue weighted by atomic mass is 79.9. The Kier molecular flexibility index (Phi) is 4.69. The van der Waals surface area contributed by atoms with Gasteiger partial charge in [0, 0.05) is 5.33 Å². The zero-order valence-corrected chi connectivity index (χ0v) is 16.3. The van der Waals surface area contributed by atoms with Crippen LogP contribution in [0.15, 0.2) is 42.0 Å². The second-order valence-corrected chi connectivity index (χ2v) is 8.53. The molecule has 0 aliphatic heterocycles. The average Bonchev–Trinajstić information content (AvgIpc) is 3.32. The highest BCUT2D eigenvalue weighted by Gasteiger charge is 2.30. The minimum atomic E-state index is 0.180. The first-order valence-electron chi connectivity index (χ1n) is 8.68. The van der Waals surface area contributed by atoms with Gasteiger partial charge in [-0.25, -0.2) is 0 Å². The second kappa shape index (κ2) is 6.43. The maximum Gasteiger partial charge on any atom is 0.0286 e. The van der Waals surface area contributed by atoms with Gasteiger partial charge in [-0.15, -0.1) is 0 Å². The van der Waals surface area contributed by atoms with Crippen molar-refractivity contribution in [1.82, 2.24) is 0 Å². The van der Waals surface area contributed by atoms with Gasteiger partial charge in [-0.3, -0.25) is 0 Å². The first-order chi connectivity index (χ1) is 10.9. The summed E-state index contributed by atoms with van der Waals surface area (Å²) in [5.74, 6) is 0.768. The van der Waals surface area contributed by atoms with Gasteiger partial charge in [-0.2, -0.15) is 0 Å². The van der Waals surface area contributed by atoms with Gasteiger partial charge in [-0.05, 0) is 65.3 Å². The molecule has 3 rings (SSSR count). The van der Waals surface area contributed by atoms with Crippen LogP contribution in [0.5, 0.6) is 0 Å². The lowest BCUT2D eigenvalue weighted by molar-refractivity contribution is 0.589. The molecule has 0 spiro atoms. The number of hydrogen-bond donors (Lipinski definition) is 0. The lowest BCUT2D eigenvalue weighted by Gasteiger charge is -2.25. The number of allylic oxidation sites excluding steroid dienone is 6. The van der Waals surface area contributed by atoms with Gasteiger partial charge < -0.3 is 0 Å². The van der Waals surface area contributed by atoms with Crippen LogP contribution < -0.4 is 0 Å². The maximum absolute atomic E-state index is 3.75. The summed E-state index contributed by atoms with van der Waals surface area (Å²) in [4.78, 5) is 0. The summed E-state index contributed by atoms with van der Waals surface area (Å²) in [7, 11) is 0. The Morgan fingerprint density at radius 2 is 1.91 bits per heavy atom. The van der Waals surface area contributed by atoms with Crippen LogP contribution in [0.2, 0.25) is 0 Å². The van der Waals surface area contributed by atoms with Crippen LogP contribution in [-0.4, -0.2) is 0 Å². The van der Waals surface area contributed by atoms with Gasteiger partial charge in [0.25, 0.3) is 0 Å². The fraction of sp³-hybridized carbons (Fsp3) is 0.455. The molecule has 0 amide bonds. The lowest BCUT2D eigenvalue weighted by atomic mass is 9.81. The van der Waals surface area contributed by atoms with Crippen LogP contribution in [0.4, 0.5) is 0 Å². The van der Waals surface area contributed by atoms with Crippen LogP contribution in [0.3, 0.4) is 0 Å². The molecule has 0 nitrogen and oxygen atoms in total. The molecule has 0 unspecified atom stereocenters. The Balaban J connectivity index is 2.20. The first kappa shape index (κ1) is 16.8. The van der Waals surface area contributed by atoms with Crippen molar-refractivity contribution in [1.29, 1.82) is 0 Å². The summed E-state index contributed by atoms with van der Waals surface area (Å²) in [6, 6.07) is 4.90. The number of rotatable bonds is 3. The monoisotopic (exact) mass is 370 g/mol. The molecule has 0 heterocycles. The fourth-order valence-electron chi connectivity index (χ4n) is 3.36. The third-order valence-corrected chi connectivity index (χ3v) is 5.45. The van der Waals surface area contributed by atoms with Crippen molar-refractivity contribution < 1.29 is 0 Å². The molecule has 0 radical (unpaired) electrons. The molecule has 2 aliphatic carbocycles. The molecule has 0 N–H and O–H groups in total. The molecule has 0 aromatic heterocycles. The number of halogens is 1. The minimum Gasteiger partial charge on any atom is -0.0876 e. The highest BCUT2D eigenvalue weighted by molar-refractivity contribution is 9.08. The summed E-state index contributed by atoms with van der Waals surface area (Å²) in [6.07, 6.45) is 12.8. The summed E-state index contributed by atoms with van der Waals surface area (Å²) in [5.41, 5.74) is 9.03. The van der Waals surface area contributed by atoms with E-state index < -0.39 is 0 Å². The van der Waals surface area contributed by atoms with Crippen molar-refractivity contribution in [2.75, 3.05) is 0 Å². The van der Waals surface area contributed by atoms with Gasteiger partial charge in [-0.1, -0.05) is 78.7 Å². The molecule has 0 atom stereocenters. The van der Waals surface area contributed by atoms with E-state index in [1.54, 1.807) is 5.56 Å². The summed E-state index contributed by atoms with van der Waals surface area (Å²) >= 11 is 3.75. The standard InChI is InChI=1S/C22H27Br/c1-15-7-5-6-8-17(11-15)20-13-19(22(2,3)4)12-18(14-23)21(20)16-9-10-16/h5-7,11-13,16H,8-10,14H2,1-4H3. The Morgan fingerprint density at radius 1 is 1.17 bits per heavy atom. The van der Waals surface area contributed by atoms with E-state index in [0.717, 1.165) is 17.7 Å². The molecule has 1 fully saturated rings. The van der Waals surface area contributed by atoms with E-state index in [1.165, 1.54) is 40.7 Å². The molecule has 1 aromatic rings. The van der Waals surface area contributed by atoms with Crippen molar-refractivity contribution in [2.24, 2.45) is 0 Å². The van der Waals surface area contributed by atoms with Crippen LogP contribution in [0.1, 0.15) is 75.1 Å². The van der Waals surface area contributed by atoms with E-state index in [2.05, 4.69) is 80.1 Å². The van der Waals surface area contributed by atoms with Crippen molar-refractivity contribution >= 4 is 21.5 Å². The predicted molar refractivity (Wildman–Crippen MR) is 105 cm³/mol. The lowest BCUT2D eigenvalue weighted by Crippen LogP contribution is -2.13. The summed E-state index contributed by atoms with van der Waals surface area (Å²) in [6.45, 7) is 9.14. The Bertz CT molecular complexity index is 691. The summed E-state index contributed by atoms with van der Waals surface area (Å²) < 4.78 is 0. The van der Waals surface area contributed by atoms with Crippen LogP contribution in [0, 0.1) is 0 Å². The Labute approximate surface area is 149 Å². The molecule has 1 saturated carbocycles. The first-order valence-corrected chi connectivity index (χ1v) is 9.80. The largest absolute Gasteiger partial charge is 0.0876 e. The smallest absolute Gasteiger partial charge is 0.0286 e. The van der Waals surface area contributed by atoms with Crippen molar-refractivity contribution in [3.63, 3.8) is 0 Å². The van der Waals surface area contributed by atoms with E-state index in [4.69, 9.17) is 0 Å². The van der Waals surface area contributed by atoms with Gasteiger partial charge >= 0.3 is 0 Å². The highest BCUT2D eigenvalue weighted by Crippen LogP contribution is 2.47. The molecule has 0 bridgehead atoms. The van der Waals surface area contributed by atoms with E-state index in [9.17, 15) is 0 Å². The minimum absolute atomic E-state index is 0.180. The van der Waals surface area contributed by atoms with E-state index in [1.807, 2.05) is 0 Å². The summed E-state index contributed by atoms with van der Waals surface area (Å²) in [5, 5.41) is 0.952.